The Kier molecular flexibility index (Phi) is 3.08. The fourth-order valence-corrected chi connectivity index (χ4v) is 1.08. The first kappa shape index (κ1) is 10.9. The van der Waals surface area contributed by atoms with Crippen molar-refractivity contribution in [1.82, 2.24) is 9.97 Å². The lowest BCUT2D eigenvalue weighted by atomic mass is 10.1. The third-order valence-electron chi connectivity index (χ3n) is 1.63. The lowest BCUT2D eigenvalue weighted by Crippen LogP contribution is -2.10. The second-order valence-electron chi connectivity index (χ2n) is 3.49. The molecule has 5 heteroatoms. The van der Waals surface area contributed by atoms with Crippen LogP contribution in [0.15, 0.2) is 12.4 Å². The van der Waals surface area contributed by atoms with Gasteiger partial charge in [0.2, 0.25) is 0 Å². The molecule has 2 nitrogen and oxygen atoms in total. The smallest absolute Gasteiger partial charge is 0.241 e. The van der Waals surface area contributed by atoms with Crippen LogP contribution in [0.4, 0.5) is 13.2 Å². The molecule has 0 radical (unpaired) electrons. The molecule has 0 fully saturated rings. The number of rotatable bonds is 2. The number of halogens is 3. The SMILES string of the molecule is CC(C)Cc1cc(C(F)(F)F)ncn1. The summed E-state index contributed by atoms with van der Waals surface area (Å²) < 4.78 is 36.6. The Labute approximate surface area is 80.2 Å². The summed E-state index contributed by atoms with van der Waals surface area (Å²) in [5, 5.41) is 0. The summed E-state index contributed by atoms with van der Waals surface area (Å²) in [6.07, 6.45) is -2.89. The average molecular weight is 204 g/mol. The van der Waals surface area contributed by atoms with Gasteiger partial charge < -0.3 is 0 Å². The molecule has 1 heterocycles. The minimum Gasteiger partial charge on any atom is -0.241 e. The van der Waals surface area contributed by atoms with E-state index in [9.17, 15) is 13.2 Å². The molecule has 0 aromatic carbocycles. The monoisotopic (exact) mass is 204 g/mol. The largest absolute Gasteiger partial charge is 0.433 e. The predicted molar refractivity (Wildman–Crippen MR) is 45.6 cm³/mol. The van der Waals surface area contributed by atoms with E-state index in [0.717, 1.165) is 12.4 Å². The molecule has 1 aromatic rings. The molecule has 0 aliphatic heterocycles. The van der Waals surface area contributed by atoms with E-state index in [2.05, 4.69) is 9.97 Å². The molecule has 78 valence electrons. The number of hydrogen-bond donors (Lipinski definition) is 0. The summed E-state index contributed by atoms with van der Waals surface area (Å²) >= 11 is 0. The first-order valence-electron chi connectivity index (χ1n) is 4.27. The molecule has 0 spiro atoms. The van der Waals surface area contributed by atoms with Gasteiger partial charge in [-0.25, -0.2) is 9.97 Å². The molecule has 0 amide bonds. The number of aromatic nitrogens is 2. The van der Waals surface area contributed by atoms with Crippen molar-refractivity contribution in [3.63, 3.8) is 0 Å². The van der Waals surface area contributed by atoms with Crippen LogP contribution in [0.1, 0.15) is 25.2 Å². The van der Waals surface area contributed by atoms with E-state index in [1.165, 1.54) is 0 Å². The molecule has 0 bridgehead atoms. The zero-order valence-electron chi connectivity index (χ0n) is 7.97. The molecule has 0 aliphatic rings. The maximum atomic E-state index is 12.2. The van der Waals surface area contributed by atoms with Gasteiger partial charge in [-0.1, -0.05) is 13.8 Å². The molecule has 14 heavy (non-hydrogen) atoms. The van der Waals surface area contributed by atoms with Crippen molar-refractivity contribution in [1.29, 1.82) is 0 Å². The van der Waals surface area contributed by atoms with E-state index in [1.54, 1.807) is 0 Å². The third-order valence-corrected chi connectivity index (χ3v) is 1.63. The Morgan fingerprint density at radius 2 is 1.93 bits per heavy atom. The van der Waals surface area contributed by atoms with E-state index in [-0.39, 0.29) is 5.92 Å². The standard InChI is InChI=1S/C9H11F3N2/c1-6(2)3-7-4-8(9(10,11)12)14-5-13-7/h4-6H,3H2,1-2H3. The van der Waals surface area contributed by atoms with E-state index in [1.807, 2.05) is 13.8 Å². The van der Waals surface area contributed by atoms with Crippen LogP contribution in [0.5, 0.6) is 0 Å². The van der Waals surface area contributed by atoms with Crippen molar-refractivity contribution in [3.8, 4) is 0 Å². The molecule has 1 rings (SSSR count). The van der Waals surface area contributed by atoms with E-state index >= 15 is 0 Å². The Bertz CT molecular complexity index is 307. The van der Waals surface area contributed by atoms with Crippen LogP contribution in [-0.4, -0.2) is 9.97 Å². The highest BCUT2D eigenvalue weighted by Gasteiger charge is 2.32. The molecule has 0 atom stereocenters. The average Bonchev–Trinajstić information content (AvgIpc) is 2.01. The van der Waals surface area contributed by atoms with Gasteiger partial charge in [0.15, 0.2) is 0 Å². The van der Waals surface area contributed by atoms with Crippen molar-refractivity contribution in [2.45, 2.75) is 26.4 Å². The van der Waals surface area contributed by atoms with Crippen LogP contribution in [0, 0.1) is 5.92 Å². The van der Waals surface area contributed by atoms with Crippen LogP contribution in [0.25, 0.3) is 0 Å². The summed E-state index contributed by atoms with van der Waals surface area (Å²) in [5.41, 5.74) is -0.439. The Hall–Kier alpha value is -1.13. The van der Waals surface area contributed by atoms with Gasteiger partial charge in [0.25, 0.3) is 0 Å². The minimum atomic E-state index is -4.38. The second-order valence-corrected chi connectivity index (χ2v) is 3.49. The van der Waals surface area contributed by atoms with Gasteiger partial charge in [-0.2, -0.15) is 13.2 Å². The van der Waals surface area contributed by atoms with Crippen molar-refractivity contribution < 1.29 is 13.2 Å². The van der Waals surface area contributed by atoms with Gasteiger partial charge in [-0.3, -0.25) is 0 Å². The third kappa shape index (κ3) is 2.97. The fraction of sp³-hybridized carbons (Fsp3) is 0.556. The van der Waals surface area contributed by atoms with Crippen molar-refractivity contribution >= 4 is 0 Å². The van der Waals surface area contributed by atoms with Gasteiger partial charge in [0.1, 0.15) is 12.0 Å². The first-order chi connectivity index (χ1) is 6.39. The highest BCUT2D eigenvalue weighted by atomic mass is 19.4. The molecule has 0 unspecified atom stereocenters. The van der Waals surface area contributed by atoms with Crippen molar-refractivity contribution in [3.05, 3.63) is 23.8 Å². The Morgan fingerprint density at radius 3 is 2.43 bits per heavy atom. The summed E-state index contributed by atoms with van der Waals surface area (Å²) in [6, 6.07) is 1.000. The zero-order chi connectivity index (χ0) is 10.8. The molecule has 0 N–H and O–H groups in total. The molecule has 0 aliphatic carbocycles. The summed E-state index contributed by atoms with van der Waals surface area (Å²) in [4.78, 5) is 6.96. The lowest BCUT2D eigenvalue weighted by molar-refractivity contribution is -0.141. The van der Waals surface area contributed by atoms with E-state index in [0.29, 0.717) is 12.1 Å². The molecule has 1 aromatic heterocycles. The summed E-state index contributed by atoms with van der Waals surface area (Å²) in [6.45, 7) is 3.85. The summed E-state index contributed by atoms with van der Waals surface area (Å²) in [5.74, 6) is 0.283. The second kappa shape index (κ2) is 3.94. The van der Waals surface area contributed by atoms with Crippen molar-refractivity contribution in [2.75, 3.05) is 0 Å². The fourth-order valence-electron chi connectivity index (χ4n) is 1.08. The number of nitrogens with zero attached hydrogens (tertiary/aromatic N) is 2. The normalized spacial score (nSPS) is 12.1. The predicted octanol–water partition coefficient (Wildman–Crippen LogP) is 2.69. The van der Waals surface area contributed by atoms with Crippen LogP contribution in [0.3, 0.4) is 0 Å². The minimum absolute atomic E-state index is 0.283. The van der Waals surface area contributed by atoms with Gasteiger partial charge in [0, 0.05) is 5.69 Å². The topological polar surface area (TPSA) is 25.8 Å². The maximum absolute atomic E-state index is 12.2. The quantitative estimate of drug-likeness (QED) is 0.740. The van der Waals surface area contributed by atoms with E-state index < -0.39 is 11.9 Å². The molecular weight excluding hydrogens is 193 g/mol. The van der Waals surface area contributed by atoms with Crippen LogP contribution < -0.4 is 0 Å². The lowest BCUT2D eigenvalue weighted by Gasteiger charge is -2.07. The van der Waals surface area contributed by atoms with E-state index in [4.69, 9.17) is 0 Å². The highest BCUT2D eigenvalue weighted by Crippen LogP contribution is 2.27. The maximum Gasteiger partial charge on any atom is 0.433 e. The highest BCUT2D eigenvalue weighted by molar-refractivity contribution is 5.11. The number of alkyl halides is 3. The summed E-state index contributed by atoms with van der Waals surface area (Å²) in [7, 11) is 0. The van der Waals surface area contributed by atoms with Crippen LogP contribution in [-0.2, 0) is 12.6 Å². The van der Waals surface area contributed by atoms with Crippen LogP contribution >= 0.6 is 0 Å². The van der Waals surface area contributed by atoms with Crippen molar-refractivity contribution in [2.24, 2.45) is 5.92 Å². The van der Waals surface area contributed by atoms with Gasteiger partial charge in [-0.05, 0) is 18.4 Å². The molecule has 0 saturated carbocycles. The van der Waals surface area contributed by atoms with Crippen LogP contribution in [0.2, 0.25) is 0 Å². The Morgan fingerprint density at radius 1 is 1.29 bits per heavy atom. The van der Waals surface area contributed by atoms with Gasteiger partial charge in [0.05, 0.1) is 0 Å². The van der Waals surface area contributed by atoms with Gasteiger partial charge in [-0.15, -0.1) is 0 Å². The first-order valence-corrected chi connectivity index (χ1v) is 4.27. The zero-order valence-corrected chi connectivity index (χ0v) is 7.97. The Balaban J connectivity index is 2.90. The molecular formula is C9H11F3N2. The molecule has 0 saturated heterocycles. The number of hydrogen-bond acceptors (Lipinski definition) is 2. The van der Waals surface area contributed by atoms with Gasteiger partial charge >= 0.3 is 6.18 Å².